The van der Waals surface area contributed by atoms with E-state index in [1.54, 1.807) is 37.4 Å². The van der Waals surface area contributed by atoms with Crippen LogP contribution in [-0.4, -0.2) is 22.8 Å². The van der Waals surface area contributed by atoms with Gasteiger partial charge in [-0.25, -0.2) is 4.68 Å². The van der Waals surface area contributed by atoms with Gasteiger partial charge in [-0.2, -0.15) is 5.10 Å². The third kappa shape index (κ3) is 5.20. The van der Waals surface area contributed by atoms with Gasteiger partial charge in [0.1, 0.15) is 5.75 Å². The van der Waals surface area contributed by atoms with Crippen molar-refractivity contribution in [2.45, 2.75) is 19.4 Å². The molecule has 0 radical (unpaired) electrons. The minimum Gasteiger partial charge on any atom is -0.497 e. The first kappa shape index (κ1) is 19.6. The van der Waals surface area contributed by atoms with Gasteiger partial charge in [0.25, 0.3) is 5.56 Å². The van der Waals surface area contributed by atoms with Gasteiger partial charge in [-0.15, -0.1) is 0 Å². The predicted octanol–water partition coefficient (Wildman–Crippen LogP) is 3.99. The van der Waals surface area contributed by atoms with Crippen molar-refractivity contribution in [2.24, 2.45) is 0 Å². The zero-order valence-electron chi connectivity index (χ0n) is 15.4. The Balaban J connectivity index is 1.62. The lowest BCUT2D eigenvalue weighted by atomic mass is 10.1. The lowest BCUT2D eigenvalue weighted by molar-refractivity contribution is -0.116. The van der Waals surface area contributed by atoms with E-state index in [0.29, 0.717) is 29.4 Å². The molecule has 1 aromatic heterocycles. The van der Waals surface area contributed by atoms with Crippen molar-refractivity contribution in [3.63, 3.8) is 0 Å². The van der Waals surface area contributed by atoms with Gasteiger partial charge in [0.2, 0.25) is 5.91 Å². The molecule has 3 aromatic rings. The van der Waals surface area contributed by atoms with Crippen LogP contribution in [0.15, 0.2) is 65.5 Å². The molecule has 3 rings (SSSR count). The van der Waals surface area contributed by atoms with Crippen LogP contribution < -0.4 is 15.6 Å². The standard InChI is InChI=1S/C21H20ClN3O3/c1-28-18-8-2-5-15(13-18)19-10-11-21(27)25(24-19)12-4-9-20(26)23-17-7-3-6-16(22)14-17/h2-3,5-8,10-11,13-14H,4,9,12H2,1H3,(H,23,26). The van der Waals surface area contributed by atoms with Crippen molar-refractivity contribution in [2.75, 3.05) is 12.4 Å². The average molecular weight is 398 g/mol. The molecule has 1 heterocycles. The summed E-state index contributed by atoms with van der Waals surface area (Å²) in [6, 6.07) is 17.6. The van der Waals surface area contributed by atoms with Crippen LogP contribution in [0.25, 0.3) is 11.3 Å². The highest BCUT2D eigenvalue weighted by Crippen LogP contribution is 2.21. The molecule has 0 saturated carbocycles. The number of aryl methyl sites for hydroxylation is 1. The molecule has 6 nitrogen and oxygen atoms in total. The lowest BCUT2D eigenvalue weighted by Gasteiger charge is -2.09. The molecule has 144 valence electrons. The van der Waals surface area contributed by atoms with E-state index in [2.05, 4.69) is 10.4 Å². The summed E-state index contributed by atoms with van der Waals surface area (Å²) in [5.74, 6) is 0.578. The molecule has 0 aliphatic carbocycles. The van der Waals surface area contributed by atoms with Crippen molar-refractivity contribution in [3.8, 4) is 17.0 Å². The number of benzene rings is 2. The van der Waals surface area contributed by atoms with Gasteiger partial charge in [-0.1, -0.05) is 29.8 Å². The molecule has 0 aliphatic rings. The lowest BCUT2D eigenvalue weighted by Crippen LogP contribution is -2.23. The van der Waals surface area contributed by atoms with E-state index in [4.69, 9.17) is 16.3 Å². The summed E-state index contributed by atoms with van der Waals surface area (Å²) in [5.41, 5.74) is 1.96. The second-order valence-electron chi connectivity index (χ2n) is 6.17. The number of halogens is 1. The molecule has 7 heteroatoms. The minimum absolute atomic E-state index is 0.140. The molecule has 0 spiro atoms. The fraction of sp³-hybridized carbons (Fsp3) is 0.190. The second kappa shape index (κ2) is 9.19. The number of amides is 1. The molecule has 28 heavy (non-hydrogen) atoms. The Kier molecular flexibility index (Phi) is 6.45. The normalized spacial score (nSPS) is 10.5. The highest BCUT2D eigenvalue weighted by Gasteiger charge is 2.07. The summed E-state index contributed by atoms with van der Waals surface area (Å²) in [6.07, 6.45) is 0.755. The first-order valence-electron chi connectivity index (χ1n) is 8.83. The molecular weight excluding hydrogens is 378 g/mol. The number of nitrogens with zero attached hydrogens (tertiary/aromatic N) is 2. The van der Waals surface area contributed by atoms with Crippen LogP contribution in [0.3, 0.4) is 0 Å². The van der Waals surface area contributed by atoms with Crippen molar-refractivity contribution in [3.05, 3.63) is 76.0 Å². The van der Waals surface area contributed by atoms with E-state index >= 15 is 0 Å². The third-order valence-corrected chi connectivity index (χ3v) is 4.35. The van der Waals surface area contributed by atoms with E-state index in [1.807, 2.05) is 24.3 Å². The molecule has 0 bridgehead atoms. The van der Waals surface area contributed by atoms with Crippen LogP contribution in [-0.2, 0) is 11.3 Å². The van der Waals surface area contributed by atoms with Crippen molar-refractivity contribution >= 4 is 23.2 Å². The van der Waals surface area contributed by atoms with Crippen LogP contribution in [0.2, 0.25) is 5.02 Å². The topological polar surface area (TPSA) is 73.2 Å². The molecule has 0 aliphatic heterocycles. The molecule has 0 fully saturated rings. The number of anilines is 1. The Bertz CT molecular complexity index is 1030. The average Bonchev–Trinajstić information content (AvgIpc) is 2.69. The van der Waals surface area contributed by atoms with Crippen LogP contribution in [0.4, 0.5) is 5.69 Å². The molecule has 1 amide bonds. The molecule has 1 N–H and O–H groups in total. The van der Waals surface area contributed by atoms with Gasteiger partial charge < -0.3 is 10.1 Å². The molecule has 0 saturated heterocycles. The summed E-state index contributed by atoms with van der Waals surface area (Å²) >= 11 is 5.91. The van der Waals surface area contributed by atoms with E-state index in [0.717, 1.165) is 11.3 Å². The van der Waals surface area contributed by atoms with Gasteiger partial charge in [0, 0.05) is 35.3 Å². The van der Waals surface area contributed by atoms with Crippen molar-refractivity contribution in [1.29, 1.82) is 0 Å². The van der Waals surface area contributed by atoms with E-state index < -0.39 is 0 Å². The summed E-state index contributed by atoms with van der Waals surface area (Å²) in [5, 5.41) is 7.76. The number of hydrogen-bond donors (Lipinski definition) is 1. The largest absolute Gasteiger partial charge is 0.497 e. The van der Waals surface area contributed by atoms with Gasteiger partial charge >= 0.3 is 0 Å². The summed E-state index contributed by atoms with van der Waals surface area (Å²) in [4.78, 5) is 24.2. The van der Waals surface area contributed by atoms with E-state index in [9.17, 15) is 9.59 Å². The zero-order chi connectivity index (χ0) is 19.9. The number of nitrogens with one attached hydrogen (secondary N) is 1. The van der Waals surface area contributed by atoms with Crippen molar-refractivity contribution in [1.82, 2.24) is 9.78 Å². The first-order chi connectivity index (χ1) is 13.5. The highest BCUT2D eigenvalue weighted by molar-refractivity contribution is 6.30. The van der Waals surface area contributed by atoms with Gasteiger partial charge in [-0.05, 0) is 42.8 Å². The fourth-order valence-electron chi connectivity index (χ4n) is 2.72. The van der Waals surface area contributed by atoms with Gasteiger partial charge in [0.15, 0.2) is 0 Å². The van der Waals surface area contributed by atoms with Crippen molar-refractivity contribution < 1.29 is 9.53 Å². The Morgan fingerprint density at radius 2 is 1.96 bits per heavy atom. The van der Waals surface area contributed by atoms with E-state index in [1.165, 1.54) is 10.7 Å². The van der Waals surface area contributed by atoms with Crippen LogP contribution in [0, 0.1) is 0 Å². The maximum atomic E-state index is 12.1. The Morgan fingerprint density at radius 1 is 1.14 bits per heavy atom. The summed E-state index contributed by atoms with van der Waals surface area (Å²) in [7, 11) is 1.60. The number of carbonyl (C=O) groups excluding carboxylic acids is 1. The Labute approximate surface area is 167 Å². The summed E-state index contributed by atoms with van der Waals surface area (Å²) < 4.78 is 6.61. The Morgan fingerprint density at radius 3 is 2.75 bits per heavy atom. The first-order valence-corrected chi connectivity index (χ1v) is 9.21. The van der Waals surface area contributed by atoms with Gasteiger partial charge in [0.05, 0.1) is 12.8 Å². The summed E-state index contributed by atoms with van der Waals surface area (Å²) in [6.45, 7) is 0.347. The zero-order valence-corrected chi connectivity index (χ0v) is 16.1. The van der Waals surface area contributed by atoms with Crippen LogP contribution >= 0.6 is 11.6 Å². The maximum absolute atomic E-state index is 12.1. The van der Waals surface area contributed by atoms with Crippen LogP contribution in [0.1, 0.15) is 12.8 Å². The number of ether oxygens (including phenoxy) is 1. The van der Waals surface area contributed by atoms with Crippen LogP contribution in [0.5, 0.6) is 5.75 Å². The number of hydrogen-bond acceptors (Lipinski definition) is 4. The van der Waals surface area contributed by atoms with E-state index in [-0.39, 0.29) is 17.9 Å². The number of carbonyl (C=O) groups is 1. The number of rotatable bonds is 7. The molecular formula is C21H20ClN3O3. The smallest absolute Gasteiger partial charge is 0.266 e. The second-order valence-corrected chi connectivity index (χ2v) is 6.61. The third-order valence-electron chi connectivity index (χ3n) is 4.11. The monoisotopic (exact) mass is 397 g/mol. The highest BCUT2D eigenvalue weighted by atomic mass is 35.5. The SMILES string of the molecule is COc1cccc(-c2ccc(=O)n(CCCC(=O)Nc3cccc(Cl)c3)n2)c1. The molecule has 0 unspecified atom stereocenters. The molecule has 2 aromatic carbocycles. The Hall–Kier alpha value is -3.12. The minimum atomic E-state index is -0.207. The predicted molar refractivity (Wildman–Crippen MR) is 110 cm³/mol. The maximum Gasteiger partial charge on any atom is 0.266 e. The molecule has 0 atom stereocenters. The number of aromatic nitrogens is 2. The fourth-order valence-corrected chi connectivity index (χ4v) is 2.91. The number of methoxy groups -OCH3 is 1. The quantitative estimate of drug-likeness (QED) is 0.654. The van der Waals surface area contributed by atoms with Gasteiger partial charge in [-0.3, -0.25) is 9.59 Å².